The standard InChI is InChI=1S/C17H17N7S/c18-17-21-13(10-25-17)7-4-8-19-15-9-14(12-5-2-1-3-6-12)23-24-11-20-22-16(15)24/h1-3,5-6,9-11,19H,4,7-8H2,(H2,18,21). The van der Waals surface area contributed by atoms with Crippen LogP contribution < -0.4 is 11.1 Å². The molecule has 0 aliphatic carbocycles. The van der Waals surface area contributed by atoms with Gasteiger partial charge in [-0.2, -0.15) is 9.61 Å². The quantitative estimate of drug-likeness (QED) is 0.519. The lowest BCUT2D eigenvalue weighted by Gasteiger charge is -2.09. The molecule has 0 saturated heterocycles. The third kappa shape index (κ3) is 3.43. The minimum Gasteiger partial charge on any atom is -0.382 e. The van der Waals surface area contributed by atoms with Crippen LogP contribution in [0.2, 0.25) is 0 Å². The summed E-state index contributed by atoms with van der Waals surface area (Å²) in [6.07, 6.45) is 3.46. The van der Waals surface area contributed by atoms with Crippen molar-refractivity contribution in [3.8, 4) is 11.3 Å². The first-order valence-corrected chi connectivity index (χ1v) is 8.88. The Morgan fingerprint density at radius 3 is 2.88 bits per heavy atom. The van der Waals surface area contributed by atoms with Crippen molar-refractivity contribution in [2.24, 2.45) is 0 Å². The first-order valence-electron chi connectivity index (χ1n) is 8.00. The zero-order chi connectivity index (χ0) is 17.1. The van der Waals surface area contributed by atoms with Crippen LogP contribution in [0.3, 0.4) is 0 Å². The number of anilines is 2. The van der Waals surface area contributed by atoms with Gasteiger partial charge in [0.2, 0.25) is 5.65 Å². The van der Waals surface area contributed by atoms with Crippen LogP contribution in [-0.2, 0) is 6.42 Å². The molecule has 0 fully saturated rings. The fourth-order valence-corrected chi connectivity index (χ4v) is 3.23. The van der Waals surface area contributed by atoms with E-state index in [1.807, 2.05) is 41.8 Å². The van der Waals surface area contributed by atoms with Gasteiger partial charge in [-0.1, -0.05) is 30.3 Å². The molecule has 0 aliphatic rings. The Kier molecular flexibility index (Phi) is 4.26. The van der Waals surface area contributed by atoms with Crippen molar-refractivity contribution in [2.45, 2.75) is 12.8 Å². The van der Waals surface area contributed by atoms with Crippen molar-refractivity contribution >= 4 is 27.8 Å². The minimum absolute atomic E-state index is 0.620. The van der Waals surface area contributed by atoms with E-state index in [4.69, 9.17) is 5.73 Å². The van der Waals surface area contributed by atoms with Gasteiger partial charge in [-0.3, -0.25) is 0 Å². The summed E-state index contributed by atoms with van der Waals surface area (Å²) < 4.78 is 1.70. The van der Waals surface area contributed by atoms with Gasteiger partial charge in [0.1, 0.15) is 6.33 Å². The molecule has 0 radical (unpaired) electrons. The fourth-order valence-electron chi connectivity index (χ4n) is 2.64. The highest BCUT2D eigenvalue weighted by atomic mass is 32.1. The van der Waals surface area contributed by atoms with Gasteiger partial charge >= 0.3 is 0 Å². The van der Waals surface area contributed by atoms with E-state index in [1.165, 1.54) is 11.3 Å². The molecule has 0 aliphatic heterocycles. The molecule has 3 N–H and O–H groups in total. The second-order valence-electron chi connectivity index (χ2n) is 5.62. The second kappa shape index (κ2) is 6.86. The minimum atomic E-state index is 0.620. The highest BCUT2D eigenvalue weighted by molar-refractivity contribution is 7.13. The van der Waals surface area contributed by atoms with Gasteiger partial charge < -0.3 is 11.1 Å². The molecule has 0 amide bonds. The number of aromatic nitrogens is 5. The summed E-state index contributed by atoms with van der Waals surface area (Å²) >= 11 is 1.48. The first kappa shape index (κ1) is 15.5. The third-order valence-corrected chi connectivity index (χ3v) is 4.55. The number of nitrogens with two attached hydrogens (primary N) is 1. The van der Waals surface area contributed by atoms with E-state index in [0.29, 0.717) is 5.13 Å². The SMILES string of the molecule is Nc1nc(CCCNc2cc(-c3ccccc3)nn3cnnc23)cs1. The molecule has 0 saturated carbocycles. The van der Waals surface area contributed by atoms with Crippen LogP contribution in [0.5, 0.6) is 0 Å². The lowest BCUT2D eigenvalue weighted by atomic mass is 10.1. The van der Waals surface area contributed by atoms with E-state index >= 15 is 0 Å². The highest BCUT2D eigenvalue weighted by Gasteiger charge is 2.09. The molecule has 7 nitrogen and oxygen atoms in total. The molecule has 1 aromatic carbocycles. The molecule has 25 heavy (non-hydrogen) atoms. The highest BCUT2D eigenvalue weighted by Crippen LogP contribution is 2.23. The molecule has 126 valence electrons. The maximum atomic E-state index is 5.66. The van der Waals surface area contributed by atoms with Gasteiger partial charge in [-0.25, -0.2) is 4.98 Å². The van der Waals surface area contributed by atoms with Crippen molar-refractivity contribution in [1.29, 1.82) is 0 Å². The van der Waals surface area contributed by atoms with Crippen LogP contribution >= 0.6 is 11.3 Å². The van der Waals surface area contributed by atoms with Crippen molar-refractivity contribution in [1.82, 2.24) is 24.8 Å². The number of benzene rings is 1. The molecule has 0 spiro atoms. The van der Waals surface area contributed by atoms with Crippen molar-refractivity contribution < 1.29 is 0 Å². The summed E-state index contributed by atoms with van der Waals surface area (Å²) in [6.45, 7) is 0.804. The Morgan fingerprint density at radius 1 is 1.20 bits per heavy atom. The van der Waals surface area contributed by atoms with Gasteiger partial charge in [0.15, 0.2) is 5.13 Å². The molecular weight excluding hydrogens is 334 g/mol. The molecule has 8 heteroatoms. The van der Waals surface area contributed by atoms with Gasteiger partial charge in [-0.15, -0.1) is 21.5 Å². The predicted octanol–water partition coefficient (Wildman–Crippen LogP) is 2.87. The lowest BCUT2D eigenvalue weighted by molar-refractivity contribution is 0.841. The molecule has 0 bridgehead atoms. The van der Waals surface area contributed by atoms with E-state index in [2.05, 4.69) is 25.6 Å². The summed E-state index contributed by atoms with van der Waals surface area (Å²) in [5, 5.41) is 18.8. The maximum Gasteiger partial charge on any atom is 0.200 e. The zero-order valence-electron chi connectivity index (χ0n) is 13.5. The van der Waals surface area contributed by atoms with E-state index in [-0.39, 0.29) is 0 Å². The topological polar surface area (TPSA) is 94.0 Å². The van der Waals surface area contributed by atoms with Crippen LogP contribution in [0.25, 0.3) is 16.9 Å². The summed E-state index contributed by atoms with van der Waals surface area (Å²) in [6, 6.07) is 12.1. The number of nitrogen functional groups attached to an aromatic ring is 1. The van der Waals surface area contributed by atoms with Crippen molar-refractivity contribution in [3.63, 3.8) is 0 Å². The summed E-state index contributed by atoms with van der Waals surface area (Å²) in [7, 11) is 0. The van der Waals surface area contributed by atoms with E-state index < -0.39 is 0 Å². The summed E-state index contributed by atoms with van der Waals surface area (Å²) in [5.74, 6) is 0. The Bertz CT molecular complexity index is 977. The number of nitrogens with one attached hydrogen (secondary N) is 1. The number of thiazole rings is 1. The summed E-state index contributed by atoms with van der Waals surface area (Å²) in [5.41, 5.74) is 10.3. The van der Waals surface area contributed by atoms with Crippen LogP contribution in [-0.4, -0.2) is 31.3 Å². The first-order chi connectivity index (χ1) is 12.3. The lowest BCUT2D eigenvalue weighted by Crippen LogP contribution is -2.06. The Hall–Kier alpha value is -3.00. The molecule has 0 unspecified atom stereocenters. The number of fused-ring (bicyclic) bond motifs is 1. The molecule has 4 aromatic rings. The Morgan fingerprint density at radius 2 is 2.08 bits per heavy atom. The molecule has 3 heterocycles. The van der Waals surface area contributed by atoms with Gasteiger partial charge in [0.05, 0.1) is 17.1 Å². The summed E-state index contributed by atoms with van der Waals surface area (Å²) in [4.78, 5) is 4.28. The van der Waals surface area contributed by atoms with Crippen LogP contribution in [0.1, 0.15) is 12.1 Å². The van der Waals surface area contributed by atoms with Crippen molar-refractivity contribution in [3.05, 3.63) is 53.8 Å². The molecule has 4 rings (SSSR count). The Labute approximate surface area is 148 Å². The fraction of sp³-hybridized carbons (Fsp3) is 0.176. The number of rotatable bonds is 6. The number of aryl methyl sites for hydroxylation is 1. The monoisotopic (exact) mass is 351 g/mol. The third-order valence-electron chi connectivity index (χ3n) is 3.83. The number of hydrogen-bond donors (Lipinski definition) is 2. The van der Waals surface area contributed by atoms with Crippen LogP contribution in [0.15, 0.2) is 48.1 Å². The predicted molar refractivity (Wildman–Crippen MR) is 99.6 cm³/mol. The number of nitrogens with zero attached hydrogens (tertiary/aromatic N) is 5. The van der Waals surface area contributed by atoms with E-state index in [9.17, 15) is 0 Å². The normalized spacial score (nSPS) is 11.0. The maximum absolute atomic E-state index is 5.66. The van der Waals surface area contributed by atoms with Crippen molar-refractivity contribution in [2.75, 3.05) is 17.6 Å². The van der Waals surface area contributed by atoms with Gasteiger partial charge in [-0.05, 0) is 18.9 Å². The molecule has 0 atom stereocenters. The van der Waals surface area contributed by atoms with Crippen LogP contribution in [0, 0.1) is 0 Å². The van der Waals surface area contributed by atoms with Crippen LogP contribution in [0.4, 0.5) is 10.8 Å². The Balaban J connectivity index is 1.51. The van der Waals surface area contributed by atoms with E-state index in [0.717, 1.165) is 47.7 Å². The molecule has 3 aromatic heterocycles. The average molecular weight is 351 g/mol. The van der Waals surface area contributed by atoms with E-state index in [1.54, 1.807) is 10.8 Å². The van der Waals surface area contributed by atoms with Gasteiger partial charge in [0, 0.05) is 17.5 Å². The second-order valence-corrected chi connectivity index (χ2v) is 6.51. The van der Waals surface area contributed by atoms with Gasteiger partial charge in [0.25, 0.3) is 0 Å². The number of hydrogen-bond acceptors (Lipinski definition) is 7. The molecular formula is C17H17N7S. The zero-order valence-corrected chi connectivity index (χ0v) is 14.3. The average Bonchev–Trinajstić information content (AvgIpc) is 3.28. The smallest absolute Gasteiger partial charge is 0.200 e. The largest absolute Gasteiger partial charge is 0.382 e.